The molecule has 2 aliphatic rings. The van der Waals surface area contributed by atoms with E-state index in [4.69, 9.17) is 27.9 Å². The van der Waals surface area contributed by atoms with Crippen LogP contribution in [0.4, 0.5) is 0 Å². The summed E-state index contributed by atoms with van der Waals surface area (Å²) in [5.74, 6) is 2.20. The summed E-state index contributed by atoms with van der Waals surface area (Å²) in [6, 6.07) is 9.74. The van der Waals surface area contributed by atoms with Gasteiger partial charge in [0.25, 0.3) is 0 Å². The summed E-state index contributed by atoms with van der Waals surface area (Å²) in [5.41, 5.74) is 1.67. The summed E-state index contributed by atoms with van der Waals surface area (Å²) >= 11 is 12.1. The molecule has 1 heterocycles. The van der Waals surface area contributed by atoms with E-state index in [0.717, 1.165) is 29.1 Å². The van der Waals surface area contributed by atoms with E-state index in [2.05, 4.69) is 24.1 Å². The molecule has 3 rings (SSSR count). The smallest absolute Gasteiger partial charge is 0.143 e. The number of nitrogens with zero attached hydrogens (tertiary/aromatic N) is 2. The van der Waals surface area contributed by atoms with E-state index < -0.39 is 5.50 Å². The summed E-state index contributed by atoms with van der Waals surface area (Å²) in [6.07, 6.45) is 7.53. The Kier molecular flexibility index (Phi) is 5.08. The van der Waals surface area contributed by atoms with Crippen molar-refractivity contribution in [1.29, 1.82) is 5.26 Å². The van der Waals surface area contributed by atoms with Crippen molar-refractivity contribution in [2.24, 2.45) is 10.9 Å². The molecule has 3 nitrogen and oxygen atoms in total. The minimum absolute atomic E-state index is 0.173. The molecule has 2 atom stereocenters. The van der Waals surface area contributed by atoms with Crippen LogP contribution in [-0.2, 0) is 0 Å². The minimum Gasteiger partial charge on any atom is -0.462 e. The van der Waals surface area contributed by atoms with Crippen molar-refractivity contribution in [2.45, 2.75) is 25.3 Å². The lowest BCUT2D eigenvalue weighted by Gasteiger charge is -2.18. The molecule has 5 heteroatoms. The third-order valence-corrected chi connectivity index (χ3v) is 4.48. The number of hydrogen-bond donors (Lipinski definition) is 0. The lowest BCUT2D eigenvalue weighted by Crippen LogP contribution is -2.11. The lowest BCUT2D eigenvalue weighted by molar-refractivity contribution is 0.385. The van der Waals surface area contributed by atoms with Crippen LogP contribution in [0.2, 0.25) is 0 Å². The van der Waals surface area contributed by atoms with E-state index >= 15 is 0 Å². The fourth-order valence-electron chi connectivity index (χ4n) is 2.76. The van der Waals surface area contributed by atoms with Crippen LogP contribution in [0.1, 0.15) is 25.3 Å². The molecule has 1 aliphatic heterocycles. The molecule has 0 saturated heterocycles. The molecule has 0 amide bonds. The zero-order valence-electron chi connectivity index (χ0n) is 13.2. The Morgan fingerprint density at radius 1 is 1.25 bits per heavy atom. The van der Waals surface area contributed by atoms with Crippen LogP contribution in [0.3, 0.4) is 0 Å². The fraction of sp³-hybridized carbons (Fsp3) is 0.263. The molecular weight excluding hydrogens is 343 g/mol. The molecule has 0 saturated carbocycles. The molecule has 122 valence electrons. The van der Waals surface area contributed by atoms with Crippen molar-refractivity contribution in [3.63, 3.8) is 0 Å². The van der Waals surface area contributed by atoms with Gasteiger partial charge >= 0.3 is 0 Å². The summed E-state index contributed by atoms with van der Waals surface area (Å²) in [6.45, 7) is 2.16. The molecule has 1 aromatic carbocycles. The van der Waals surface area contributed by atoms with Gasteiger partial charge in [-0.3, -0.25) is 4.99 Å². The number of benzene rings is 1. The highest BCUT2D eigenvalue weighted by Crippen LogP contribution is 2.33. The van der Waals surface area contributed by atoms with Crippen molar-refractivity contribution < 1.29 is 4.74 Å². The number of nitriles is 1. The zero-order chi connectivity index (χ0) is 17.1. The first kappa shape index (κ1) is 16.8. The van der Waals surface area contributed by atoms with Gasteiger partial charge in [0.15, 0.2) is 0 Å². The Balaban J connectivity index is 1.82. The first-order valence-corrected chi connectivity index (χ1v) is 8.55. The van der Waals surface area contributed by atoms with Crippen molar-refractivity contribution in [2.75, 3.05) is 0 Å². The lowest BCUT2D eigenvalue weighted by atomic mass is 9.96. The van der Waals surface area contributed by atoms with Crippen molar-refractivity contribution in [3.05, 3.63) is 59.4 Å². The molecular formula is C19H16Cl2N2O. The highest BCUT2D eigenvalue weighted by Gasteiger charge is 2.22. The largest absolute Gasteiger partial charge is 0.462 e. The van der Waals surface area contributed by atoms with Crippen LogP contribution in [0, 0.1) is 17.2 Å². The Labute approximate surface area is 151 Å². The van der Waals surface area contributed by atoms with Gasteiger partial charge in [-0.1, -0.05) is 54.4 Å². The van der Waals surface area contributed by atoms with Gasteiger partial charge in [0.05, 0.1) is 5.57 Å². The molecule has 0 spiro atoms. The normalized spacial score (nSPS) is 23.4. The number of alkyl halides is 1. The molecule has 0 aromatic heterocycles. The number of ether oxygens (including phenoxy) is 1. The highest BCUT2D eigenvalue weighted by atomic mass is 35.5. The molecule has 2 unspecified atom stereocenters. The maximum Gasteiger partial charge on any atom is 0.143 e. The summed E-state index contributed by atoms with van der Waals surface area (Å²) < 4.78 is 5.92. The van der Waals surface area contributed by atoms with E-state index in [1.54, 1.807) is 0 Å². The van der Waals surface area contributed by atoms with Crippen LogP contribution in [0.5, 0.6) is 5.75 Å². The van der Waals surface area contributed by atoms with Gasteiger partial charge in [-0.25, -0.2) is 0 Å². The van der Waals surface area contributed by atoms with Gasteiger partial charge in [0.1, 0.15) is 28.2 Å². The Bertz CT molecular complexity index is 798. The number of rotatable bonds is 3. The molecule has 0 radical (unpaired) electrons. The first-order valence-electron chi connectivity index (χ1n) is 7.73. The predicted molar refractivity (Wildman–Crippen MR) is 98.2 cm³/mol. The van der Waals surface area contributed by atoms with E-state index in [9.17, 15) is 5.26 Å². The Hall–Kier alpha value is -2.02. The van der Waals surface area contributed by atoms with Crippen LogP contribution >= 0.6 is 23.2 Å². The quantitative estimate of drug-likeness (QED) is 0.534. The van der Waals surface area contributed by atoms with E-state index in [0.29, 0.717) is 17.9 Å². The van der Waals surface area contributed by atoms with E-state index in [1.807, 2.05) is 36.4 Å². The van der Waals surface area contributed by atoms with Crippen LogP contribution in [0.25, 0.3) is 5.57 Å². The Morgan fingerprint density at radius 2 is 2.00 bits per heavy atom. The van der Waals surface area contributed by atoms with E-state index in [1.165, 1.54) is 0 Å². The average molecular weight is 359 g/mol. The predicted octanol–water partition coefficient (Wildman–Crippen LogP) is 5.43. The third kappa shape index (κ3) is 3.72. The molecule has 0 bridgehead atoms. The number of dihydropyridines is 1. The SMILES string of the molecule is CC1C=CC=C(Oc2ccc(C3=C(C#N)C(Cl)=NC(Cl)C3)cc2)C1. The number of hydrogen-bond acceptors (Lipinski definition) is 3. The average Bonchev–Trinajstić information content (AvgIpc) is 2.55. The van der Waals surface area contributed by atoms with Gasteiger partial charge in [0, 0.05) is 12.8 Å². The number of allylic oxidation sites excluding steroid dienone is 5. The second-order valence-electron chi connectivity index (χ2n) is 5.85. The van der Waals surface area contributed by atoms with Crippen molar-refractivity contribution in [3.8, 4) is 11.8 Å². The topological polar surface area (TPSA) is 45.4 Å². The highest BCUT2D eigenvalue weighted by molar-refractivity contribution is 6.71. The maximum absolute atomic E-state index is 9.32. The fourth-order valence-corrected chi connectivity index (χ4v) is 3.34. The van der Waals surface area contributed by atoms with Gasteiger partial charge in [-0.05, 0) is 35.3 Å². The summed E-state index contributed by atoms with van der Waals surface area (Å²) in [4.78, 5) is 4.04. The zero-order valence-corrected chi connectivity index (χ0v) is 14.7. The number of aliphatic imine (C=N–C) groups is 1. The number of halogens is 2. The van der Waals surface area contributed by atoms with Gasteiger partial charge in [-0.2, -0.15) is 5.26 Å². The Morgan fingerprint density at radius 3 is 2.67 bits per heavy atom. The van der Waals surface area contributed by atoms with Gasteiger partial charge in [-0.15, -0.1) is 0 Å². The maximum atomic E-state index is 9.32. The van der Waals surface area contributed by atoms with Crippen molar-refractivity contribution >= 4 is 33.9 Å². The first-order chi connectivity index (χ1) is 11.6. The van der Waals surface area contributed by atoms with Crippen LogP contribution < -0.4 is 4.74 Å². The molecule has 24 heavy (non-hydrogen) atoms. The minimum atomic E-state index is -0.443. The second kappa shape index (κ2) is 7.25. The summed E-state index contributed by atoms with van der Waals surface area (Å²) in [5, 5.41) is 9.49. The molecule has 0 N–H and O–H groups in total. The van der Waals surface area contributed by atoms with Gasteiger partial charge < -0.3 is 4.74 Å². The van der Waals surface area contributed by atoms with E-state index in [-0.39, 0.29) is 5.17 Å². The summed E-state index contributed by atoms with van der Waals surface area (Å²) in [7, 11) is 0. The monoisotopic (exact) mass is 358 g/mol. The molecule has 1 aliphatic carbocycles. The van der Waals surface area contributed by atoms with Gasteiger partial charge in [0.2, 0.25) is 0 Å². The van der Waals surface area contributed by atoms with Crippen molar-refractivity contribution in [1.82, 2.24) is 0 Å². The third-order valence-electron chi connectivity index (χ3n) is 3.94. The second-order valence-corrected chi connectivity index (χ2v) is 6.71. The molecule has 0 fully saturated rings. The molecule has 1 aromatic rings. The van der Waals surface area contributed by atoms with Crippen LogP contribution in [-0.4, -0.2) is 10.7 Å². The standard InChI is InChI=1S/C19H16Cl2N2O/c1-12-3-2-4-15(9-12)24-14-7-5-13(6-8-14)16-10-18(20)23-19(21)17(16)11-22/h2-8,12,18H,9-10H2,1H3. The van der Waals surface area contributed by atoms with Crippen LogP contribution in [0.15, 0.2) is 58.8 Å².